The predicted molar refractivity (Wildman–Crippen MR) is 128 cm³/mol. The molecule has 1 aliphatic heterocycles. The van der Waals surface area contributed by atoms with E-state index >= 15 is 0 Å². The quantitative estimate of drug-likeness (QED) is 0.497. The van der Waals surface area contributed by atoms with Gasteiger partial charge in [-0.1, -0.05) is 48.6 Å². The first kappa shape index (κ1) is 23.3. The van der Waals surface area contributed by atoms with E-state index < -0.39 is 29.8 Å². The summed E-state index contributed by atoms with van der Waals surface area (Å²) in [6, 6.07) is 11.0. The number of aromatic nitrogens is 3. The number of urea groups is 1. The molecule has 0 radical (unpaired) electrons. The molecule has 0 saturated carbocycles. The molecule has 1 saturated heterocycles. The zero-order valence-electron chi connectivity index (χ0n) is 18.8. The molecule has 1 aliphatic rings. The number of likely N-dealkylation sites (tertiary alicyclic amines) is 1. The molecule has 0 aliphatic carbocycles. The number of hydrogen-bond acceptors (Lipinski definition) is 8. The van der Waals surface area contributed by atoms with Gasteiger partial charge in [0.05, 0.1) is 12.0 Å². The van der Waals surface area contributed by atoms with Crippen LogP contribution in [0.15, 0.2) is 54.2 Å². The average Bonchev–Trinajstić information content (AvgIpc) is 3.39. The molecule has 1 aromatic carbocycles. The predicted octanol–water partition coefficient (Wildman–Crippen LogP) is 2.41. The van der Waals surface area contributed by atoms with Crippen LogP contribution in [0.4, 0.5) is 15.7 Å². The Morgan fingerprint density at radius 1 is 1.26 bits per heavy atom. The smallest absolute Gasteiger partial charge is 0.325 e. The van der Waals surface area contributed by atoms with Gasteiger partial charge >= 0.3 is 6.03 Å². The molecule has 176 valence electrons. The van der Waals surface area contributed by atoms with E-state index in [-0.39, 0.29) is 12.5 Å². The minimum Gasteiger partial charge on any atom is -0.384 e. The van der Waals surface area contributed by atoms with Gasteiger partial charge in [-0.2, -0.15) is 0 Å². The third-order valence-electron chi connectivity index (χ3n) is 5.86. The fraction of sp³-hybridized carbons (Fsp3) is 0.304. The second-order valence-electron chi connectivity index (χ2n) is 7.99. The van der Waals surface area contributed by atoms with Crippen molar-refractivity contribution >= 4 is 40.1 Å². The summed E-state index contributed by atoms with van der Waals surface area (Å²) in [4.78, 5) is 46.1. The Balaban J connectivity index is 1.58. The van der Waals surface area contributed by atoms with Crippen LogP contribution in [0.25, 0.3) is 0 Å². The van der Waals surface area contributed by atoms with Crippen molar-refractivity contribution in [3.05, 3.63) is 65.3 Å². The number of imide groups is 1. The maximum absolute atomic E-state index is 13.4. The van der Waals surface area contributed by atoms with Crippen LogP contribution in [-0.4, -0.2) is 51.0 Å². The molecule has 10 nitrogen and oxygen atoms in total. The van der Waals surface area contributed by atoms with E-state index in [1.54, 1.807) is 25.4 Å². The second kappa shape index (κ2) is 9.96. The lowest BCUT2D eigenvalue weighted by atomic mass is 9.81. The van der Waals surface area contributed by atoms with Crippen LogP contribution in [0, 0.1) is 5.92 Å². The minimum absolute atomic E-state index is 0.256. The van der Waals surface area contributed by atoms with Crippen molar-refractivity contribution in [3.63, 3.8) is 0 Å². The van der Waals surface area contributed by atoms with Crippen molar-refractivity contribution in [2.75, 3.05) is 17.7 Å². The standard InChI is InChI=1S/C23H25N7O3S/c1-3-17(15-7-5-4-6-8-15)27-22(33)30-19(21(32)29(2)23-28-26-13-34-23)16(20(30)31)11-14-9-10-25-18(24)12-14/h4-10,12-13,16-17,19H,3,11H2,1-2H3,(H2,24,25)(H,27,33)/t16-,17-,19+/m1/s1. The van der Waals surface area contributed by atoms with E-state index in [4.69, 9.17) is 5.73 Å². The van der Waals surface area contributed by atoms with Gasteiger partial charge < -0.3 is 11.1 Å². The summed E-state index contributed by atoms with van der Waals surface area (Å²) in [7, 11) is 1.56. The van der Waals surface area contributed by atoms with Gasteiger partial charge in [-0.05, 0) is 36.1 Å². The highest BCUT2D eigenvalue weighted by molar-refractivity contribution is 7.13. The van der Waals surface area contributed by atoms with Crippen LogP contribution in [-0.2, 0) is 16.0 Å². The van der Waals surface area contributed by atoms with Crippen molar-refractivity contribution in [2.24, 2.45) is 5.92 Å². The molecule has 4 rings (SSSR count). The zero-order valence-corrected chi connectivity index (χ0v) is 19.6. The number of β-lactam (4-membered cyclic amide) rings is 1. The Labute approximate surface area is 200 Å². The summed E-state index contributed by atoms with van der Waals surface area (Å²) < 4.78 is 0. The van der Waals surface area contributed by atoms with E-state index in [9.17, 15) is 14.4 Å². The number of nitrogens with two attached hydrogens (primary N) is 1. The Morgan fingerprint density at radius 3 is 2.68 bits per heavy atom. The highest BCUT2D eigenvalue weighted by atomic mass is 32.1. The Kier molecular flexibility index (Phi) is 6.82. The molecule has 0 spiro atoms. The number of anilines is 2. The number of carbonyl (C=O) groups excluding carboxylic acids is 3. The number of rotatable bonds is 7. The summed E-state index contributed by atoms with van der Waals surface area (Å²) in [5, 5.41) is 11.0. The molecule has 3 atom stereocenters. The van der Waals surface area contributed by atoms with Gasteiger partial charge in [0.15, 0.2) is 0 Å². The number of amides is 4. The van der Waals surface area contributed by atoms with E-state index in [0.29, 0.717) is 17.4 Å². The molecular formula is C23H25N7O3S. The van der Waals surface area contributed by atoms with Crippen LogP contribution < -0.4 is 16.0 Å². The lowest BCUT2D eigenvalue weighted by molar-refractivity contribution is -0.156. The molecule has 34 heavy (non-hydrogen) atoms. The minimum atomic E-state index is -0.982. The highest BCUT2D eigenvalue weighted by Gasteiger charge is 2.55. The van der Waals surface area contributed by atoms with Crippen molar-refractivity contribution in [3.8, 4) is 0 Å². The van der Waals surface area contributed by atoms with Crippen LogP contribution in [0.1, 0.15) is 30.5 Å². The second-order valence-corrected chi connectivity index (χ2v) is 8.80. The monoisotopic (exact) mass is 479 g/mol. The highest BCUT2D eigenvalue weighted by Crippen LogP contribution is 2.33. The first-order valence-corrected chi connectivity index (χ1v) is 11.7. The molecule has 3 N–H and O–H groups in total. The number of nitrogens with one attached hydrogen (secondary N) is 1. The number of hydrogen-bond donors (Lipinski definition) is 2. The van der Waals surface area contributed by atoms with Gasteiger partial charge in [-0.15, -0.1) is 10.2 Å². The van der Waals surface area contributed by atoms with Crippen LogP contribution in [0.5, 0.6) is 0 Å². The van der Waals surface area contributed by atoms with Crippen molar-refractivity contribution < 1.29 is 14.4 Å². The van der Waals surface area contributed by atoms with Crippen molar-refractivity contribution in [1.82, 2.24) is 25.4 Å². The molecule has 0 unspecified atom stereocenters. The topological polar surface area (TPSA) is 134 Å². The number of nitrogen functional groups attached to an aromatic ring is 1. The van der Waals surface area contributed by atoms with Gasteiger partial charge in [-0.3, -0.25) is 19.4 Å². The summed E-state index contributed by atoms with van der Waals surface area (Å²) in [5.74, 6) is -1.22. The molecular weight excluding hydrogens is 454 g/mol. The number of likely N-dealkylation sites (N-methyl/N-ethyl adjacent to an activating group) is 1. The lowest BCUT2D eigenvalue weighted by Crippen LogP contribution is -2.70. The Hall–Kier alpha value is -3.86. The molecule has 11 heteroatoms. The van der Waals surface area contributed by atoms with Gasteiger partial charge in [0.1, 0.15) is 17.4 Å². The molecule has 1 fully saturated rings. The fourth-order valence-electron chi connectivity index (χ4n) is 4.06. The largest absolute Gasteiger partial charge is 0.384 e. The molecule has 4 amide bonds. The third kappa shape index (κ3) is 4.60. The SMILES string of the molecule is CC[C@@H](NC(=O)N1C(=O)[C@H](Cc2ccnc(N)c2)[C@H]1C(=O)N(C)c1nncs1)c1ccccc1. The third-order valence-corrected chi connectivity index (χ3v) is 6.63. The maximum atomic E-state index is 13.4. The van der Waals surface area contributed by atoms with Gasteiger partial charge in [-0.25, -0.2) is 9.78 Å². The molecule has 3 aromatic rings. The molecule has 2 aromatic heterocycles. The average molecular weight is 480 g/mol. The van der Waals surface area contributed by atoms with E-state index in [1.807, 2.05) is 37.3 Å². The van der Waals surface area contributed by atoms with Crippen LogP contribution in [0.2, 0.25) is 0 Å². The van der Waals surface area contributed by atoms with E-state index in [2.05, 4.69) is 20.5 Å². The summed E-state index contributed by atoms with van der Waals surface area (Å²) in [5.41, 5.74) is 8.97. The van der Waals surface area contributed by atoms with Gasteiger partial charge in [0.2, 0.25) is 11.0 Å². The number of benzene rings is 1. The van der Waals surface area contributed by atoms with Crippen LogP contribution >= 0.6 is 11.3 Å². The summed E-state index contributed by atoms with van der Waals surface area (Å²) >= 11 is 1.19. The van der Waals surface area contributed by atoms with Gasteiger partial charge in [0, 0.05) is 13.2 Å². The normalized spacial score (nSPS) is 18.2. The number of pyridine rings is 1. The molecule has 3 heterocycles. The van der Waals surface area contributed by atoms with Gasteiger partial charge in [0.25, 0.3) is 5.91 Å². The van der Waals surface area contributed by atoms with Crippen molar-refractivity contribution in [1.29, 1.82) is 0 Å². The van der Waals surface area contributed by atoms with Crippen molar-refractivity contribution in [2.45, 2.75) is 31.8 Å². The van der Waals surface area contributed by atoms with Crippen LogP contribution in [0.3, 0.4) is 0 Å². The summed E-state index contributed by atoms with van der Waals surface area (Å²) in [6.07, 6.45) is 2.43. The zero-order chi connectivity index (χ0) is 24.2. The maximum Gasteiger partial charge on any atom is 0.325 e. The lowest BCUT2D eigenvalue weighted by Gasteiger charge is -2.45. The first-order chi connectivity index (χ1) is 16.4. The van der Waals surface area contributed by atoms with E-state index in [1.165, 1.54) is 21.7 Å². The fourth-order valence-corrected chi connectivity index (χ4v) is 4.59. The Morgan fingerprint density at radius 2 is 2.03 bits per heavy atom. The first-order valence-electron chi connectivity index (χ1n) is 10.8. The molecule has 0 bridgehead atoms. The summed E-state index contributed by atoms with van der Waals surface area (Å²) in [6.45, 7) is 1.94. The Bertz CT molecular complexity index is 1170. The van der Waals surface area contributed by atoms with E-state index in [0.717, 1.165) is 16.0 Å². The number of nitrogens with zero attached hydrogens (tertiary/aromatic N) is 5. The number of carbonyl (C=O) groups is 3.